The van der Waals surface area contributed by atoms with Gasteiger partial charge in [0, 0.05) is 0 Å². The smallest absolute Gasteiger partial charge is 0.306 e. The average molecular weight is 222 g/mol. The van der Waals surface area contributed by atoms with Gasteiger partial charge in [0.2, 0.25) is 0 Å². The van der Waals surface area contributed by atoms with Crippen LogP contribution in [0.4, 0.5) is 0 Å². The first kappa shape index (κ1) is 12.2. The summed E-state index contributed by atoms with van der Waals surface area (Å²) < 4.78 is 4.95. The summed E-state index contributed by atoms with van der Waals surface area (Å²) in [6.07, 6.45) is -0.0951. The van der Waals surface area contributed by atoms with Crippen LogP contribution in [0.3, 0.4) is 0 Å². The van der Waals surface area contributed by atoms with Crippen molar-refractivity contribution in [3.8, 4) is 0 Å². The molecule has 0 aliphatic heterocycles. The molecule has 0 amide bonds. The lowest BCUT2D eigenvalue weighted by Crippen LogP contribution is -2.16. The highest BCUT2D eigenvalue weighted by molar-refractivity contribution is 5.78. The highest BCUT2D eigenvalue weighted by Gasteiger charge is 2.16. The third kappa shape index (κ3) is 4.13. The van der Waals surface area contributed by atoms with Gasteiger partial charge in [-0.1, -0.05) is 37.3 Å². The maximum absolute atomic E-state index is 11.2. The molecule has 1 N–H and O–H groups in total. The van der Waals surface area contributed by atoms with Gasteiger partial charge in [-0.25, -0.2) is 0 Å². The van der Waals surface area contributed by atoms with Gasteiger partial charge >= 0.3 is 11.9 Å². The number of carboxylic acid groups (broad SMARTS) is 1. The van der Waals surface area contributed by atoms with Gasteiger partial charge in [0.15, 0.2) is 0 Å². The SMILES string of the molecule is C[C@@H](CC(=O)OCc1ccccc1)C(=O)O. The molecule has 16 heavy (non-hydrogen) atoms. The largest absolute Gasteiger partial charge is 0.481 e. The van der Waals surface area contributed by atoms with Gasteiger partial charge in [0.05, 0.1) is 12.3 Å². The van der Waals surface area contributed by atoms with Crippen molar-refractivity contribution in [2.24, 2.45) is 5.92 Å². The minimum atomic E-state index is -0.989. The summed E-state index contributed by atoms with van der Waals surface area (Å²) in [5.41, 5.74) is 0.888. The summed E-state index contributed by atoms with van der Waals surface area (Å²) in [7, 11) is 0. The van der Waals surface area contributed by atoms with Crippen molar-refractivity contribution in [1.82, 2.24) is 0 Å². The summed E-state index contributed by atoms with van der Waals surface area (Å²) in [6.45, 7) is 1.66. The second kappa shape index (κ2) is 5.90. The number of carbonyl (C=O) groups excluding carboxylic acids is 1. The Labute approximate surface area is 93.9 Å². The highest BCUT2D eigenvalue weighted by Crippen LogP contribution is 2.06. The van der Waals surface area contributed by atoms with Crippen molar-refractivity contribution < 1.29 is 19.4 Å². The number of carboxylic acids is 1. The van der Waals surface area contributed by atoms with Gasteiger partial charge in [0.1, 0.15) is 6.61 Å². The first-order chi connectivity index (χ1) is 7.59. The Balaban J connectivity index is 2.33. The lowest BCUT2D eigenvalue weighted by molar-refractivity contribution is -0.151. The minimum absolute atomic E-state index is 0.0951. The first-order valence-corrected chi connectivity index (χ1v) is 5.02. The van der Waals surface area contributed by atoms with Crippen LogP contribution >= 0.6 is 0 Å². The van der Waals surface area contributed by atoms with E-state index in [1.54, 1.807) is 0 Å². The number of rotatable bonds is 5. The first-order valence-electron chi connectivity index (χ1n) is 5.02. The number of hydrogen-bond acceptors (Lipinski definition) is 3. The number of benzene rings is 1. The van der Waals surface area contributed by atoms with E-state index in [2.05, 4.69) is 0 Å². The molecule has 0 bridgehead atoms. The predicted molar refractivity (Wildman–Crippen MR) is 57.7 cm³/mol. The molecule has 0 aromatic heterocycles. The zero-order valence-electron chi connectivity index (χ0n) is 9.05. The number of hydrogen-bond donors (Lipinski definition) is 1. The quantitative estimate of drug-likeness (QED) is 0.772. The Bertz CT molecular complexity index is 359. The van der Waals surface area contributed by atoms with E-state index in [9.17, 15) is 9.59 Å². The molecule has 0 aliphatic carbocycles. The maximum atomic E-state index is 11.2. The number of ether oxygens (including phenoxy) is 1. The van der Waals surface area contributed by atoms with E-state index >= 15 is 0 Å². The Hall–Kier alpha value is -1.84. The van der Waals surface area contributed by atoms with Crippen molar-refractivity contribution in [1.29, 1.82) is 0 Å². The van der Waals surface area contributed by atoms with Gasteiger partial charge in [-0.2, -0.15) is 0 Å². The van der Waals surface area contributed by atoms with Crippen molar-refractivity contribution in [2.75, 3.05) is 0 Å². The molecule has 4 heteroatoms. The van der Waals surface area contributed by atoms with E-state index in [1.807, 2.05) is 30.3 Å². The van der Waals surface area contributed by atoms with Crippen LogP contribution in [0.2, 0.25) is 0 Å². The monoisotopic (exact) mass is 222 g/mol. The summed E-state index contributed by atoms with van der Waals surface area (Å²) in [4.78, 5) is 21.7. The van der Waals surface area contributed by atoms with Crippen LogP contribution in [0.25, 0.3) is 0 Å². The Morgan fingerprint density at radius 1 is 1.31 bits per heavy atom. The molecule has 1 aromatic rings. The third-order valence-electron chi connectivity index (χ3n) is 2.14. The zero-order chi connectivity index (χ0) is 12.0. The molecule has 0 aliphatic rings. The Morgan fingerprint density at radius 3 is 2.50 bits per heavy atom. The molecule has 1 rings (SSSR count). The van der Waals surface area contributed by atoms with Crippen LogP contribution in [0, 0.1) is 5.92 Å². The molecule has 4 nitrogen and oxygen atoms in total. The molecule has 0 saturated carbocycles. The summed E-state index contributed by atoms with van der Waals surface area (Å²) in [5.74, 6) is -2.18. The Kier molecular flexibility index (Phi) is 4.51. The van der Waals surface area contributed by atoms with E-state index in [0.717, 1.165) is 5.56 Å². The van der Waals surface area contributed by atoms with Gasteiger partial charge < -0.3 is 9.84 Å². The van der Waals surface area contributed by atoms with Crippen molar-refractivity contribution in [3.05, 3.63) is 35.9 Å². The van der Waals surface area contributed by atoms with E-state index < -0.39 is 17.9 Å². The lowest BCUT2D eigenvalue weighted by Gasteiger charge is -2.07. The molecule has 0 radical (unpaired) electrons. The van der Waals surface area contributed by atoms with Crippen LogP contribution in [0.1, 0.15) is 18.9 Å². The fraction of sp³-hybridized carbons (Fsp3) is 0.333. The minimum Gasteiger partial charge on any atom is -0.481 e. The van der Waals surface area contributed by atoms with E-state index in [0.29, 0.717) is 0 Å². The topological polar surface area (TPSA) is 63.6 Å². The van der Waals surface area contributed by atoms with E-state index in [1.165, 1.54) is 6.92 Å². The van der Waals surface area contributed by atoms with E-state index in [4.69, 9.17) is 9.84 Å². The normalized spacial score (nSPS) is 11.8. The maximum Gasteiger partial charge on any atom is 0.306 e. The summed E-state index contributed by atoms with van der Waals surface area (Å²) >= 11 is 0. The predicted octanol–water partition coefficient (Wildman–Crippen LogP) is 1.84. The van der Waals surface area contributed by atoms with Crippen LogP contribution in [-0.2, 0) is 20.9 Å². The molecule has 0 heterocycles. The fourth-order valence-corrected chi connectivity index (χ4v) is 1.13. The molecule has 1 atom stereocenters. The average Bonchev–Trinajstić information content (AvgIpc) is 2.27. The van der Waals surface area contributed by atoms with Crippen LogP contribution in [0.15, 0.2) is 30.3 Å². The standard InChI is InChI=1S/C12H14O4/c1-9(12(14)15)7-11(13)16-8-10-5-3-2-4-6-10/h2-6,9H,7-8H2,1H3,(H,14,15)/t9-/m0/s1. The number of aliphatic carboxylic acids is 1. The number of esters is 1. The van der Waals surface area contributed by atoms with Crippen molar-refractivity contribution in [2.45, 2.75) is 20.0 Å². The zero-order valence-corrected chi connectivity index (χ0v) is 9.05. The van der Waals surface area contributed by atoms with Crippen LogP contribution in [-0.4, -0.2) is 17.0 Å². The molecular formula is C12H14O4. The molecule has 0 saturated heterocycles. The van der Waals surface area contributed by atoms with Gasteiger partial charge in [-0.3, -0.25) is 9.59 Å². The van der Waals surface area contributed by atoms with Gasteiger partial charge in [0.25, 0.3) is 0 Å². The summed E-state index contributed by atoms with van der Waals surface area (Å²) in [5, 5.41) is 8.61. The molecule has 1 aromatic carbocycles. The highest BCUT2D eigenvalue weighted by atomic mass is 16.5. The van der Waals surface area contributed by atoms with Crippen molar-refractivity contribution in [3.63, 3.8) is 0 Å². The third-order valence-corrected chi connectivity index (χ3v) is 2.14. The molecular weight excluding hydrogens is 208 g/mol. The lowest BCUT2D eigenvalue weighted by atomic mass is 10.1. The second-order valence-electron chi connectivity index (χ2n) is 3.59. The van der Waals surface area contributed by atoms with E-state index in [-0.39, 0.29) is 13.0 Å². The second-order valence-corrected chi connectivity index (χ2v) is 3.59. The summed E-state index contributed by atoms with van der Waals surface area (Å²) in [6, 6.07) is 9.26. The molecule has 0 fully saturated rings. The fourth-order valence-electron chi connectivity index (χ4n) is 1.13. The number of carbonyl (C=O) groups is 2. The van der Waals surface area contributed by atoms with Crippen LogP contribution < -0.4 is 0 Å². The molecule has 86 valence electrons. The van der Waals surface area contributed by atoms with Crippen molar-refractivity contribution >= 4 is 11.9 Å². The van der Waals surface area contributed by atoms with Crippen LogP contribution in [0.5, 0.6) is 0 Å². The molecule has 0 spiro atoms. The Morgan fingerprint density at radius 2 is 1.94 bits per heavy atom. The van der Waals surface area contributed by atoms with Gasteiger partial charge in [-0.15, -0.1) is 0 Å². The molecule has 0 unspecified atom stereocenters. The van der Waals surface area contributed by atoms with Gasteiger partial charge in [-0.05, 0) is 5.56 Å².